The lowest BCUT2D eigenvalue weighted by atomic mass is 10.1. The van der Waals surface area contributed by atoms with E-state index < -0.39 is 0 Å². The Morgan fingerprint density at radius 1 is 0.583 bits per heavy atom. The predicted molar refractivity (Wildman–Crippen MR) is 147 cm³/mol. The third-order valence-electron chi connectivity index (χ3n) is 6.59. The normalized spacial score (nSPS) is 11.3. The fraction of sp³-hybridized carbons (Fsp3) is 0.156. The van der Waals surface area contributed by atoms with E-state index in [0.717, 1.165) is 47.7 Å². The van der Waals surface area contributed by atoms with Crippen LogP contribution in [0.3, 0.4) is 0 Å². The summed E-state index contributed by atoms with van der Waals surface area (Å²) < 4.78 is 14.5. The standard InChI is InChI=1S/C32H28N2O2/c1-3-11-26-21-28(17-15-24(26)9-1)35-20-8-7-19-34-31-14-6-5-13-30(31)33-32(34)23-36-29-18-16-25-10-2-4-12-27(25)22-29/h1-6,9-18,21-22H,7-8,19-20,23H2. The zero-order chi connectivity index (χ0) is 24.2. The van der Waals surface area contributed by atoms with Gasteiger partial charge in [-0.25, -0.2) is 4.98 Å². The van der Waals surface area contributed by atoms with Crippen LogP contribution < -0.4 is 9.47 Å². The Labute approximate surface area is 210 Å². The van der Waals surface area contributed by atoms with Crippen LogP contribution in [0, 0.1) is 0 Å². The zero-order valence-electron chi connectivity index (χ0n) is 20.1. The van der Waals surface area contributed by atoms with Crippen molar-refractivity contribution in [1.82, 2.24) is 9.55 Å². The van der Waals surface area contributed by atoms with E-state index in [-0.39, 0.29) is 0 Å². The predicted octanol–water partition coefficient (Wildman–Crippen LogP) is 7.78. The SMILES string of the molecule is c1ccc2cc(OCCCCn3c(COc4ccc5ccccc5c4)nc4ccccc43)ccc2c1. The fourth-order valence-corrected chi connectivity index (χ4v) is 4.71. The molecule has 4 nitrogen and oxygen atoms in total. The molecule has 0 amide bonds. The van der Waals surface area contributed by atoms with Gasteiger partial charge in [-0.05, 0) is 70.8 Å². The van der Waals surface area contributed by atoms with E-state index in [1.165, 1.54) is 21.5 Å². The number of imidazole rings is 1. The second-order valence-electron chi connectivity index (χ2n) is 9.03. The molecular formula is C32H28N2O2. The second-order valence-corrected chi connectivity index (χ2v) is 9.03. The molecule has 1 heterocycles. The van der Waals surface area contributed by atoms with Crippen molar-refractivity contribution in [2.75, 3.05) is 6.61 Å². The van der Waals surface area contributed by atoms with Crippen molar-refractivity contribution < 1.29 is 9.47 Å². The highest BCUT2D eigenvalue weighted by Crippen LogP contribution is 2.24. The van der Waals surface area contributed by atoms with Gasteiger partial charge in [0.05, 0.1) is 17.6 Å². The summed E-state index contributed by atoms with van der Waals surface area (Å²) in [5.41, 5.74) is 2.15. The average molecular weight is 473 g/mol. The maximum absolute atomic E-state index is 6.18. The number of fused-ring (bicyclic) bond motifs is 3. The van der Waals surface area contributed by atoms with Crippen LogP contribution in [-0.4, -0.2) is 16.2 Å². The van der Waals surface area contributed by atoms with Gasteiger partial charge < -0.3 is 14.0 Å². The Balaban J connectivity index is 1.10. The molecule has 178 valence electrons. The topological polar surface area (TPSA) is 36.3 Å². The van der Waals surface area contributed by atoms with Crippen LogP contribution in [0.1, 0.15) is 18.7 Å². The number of rotatable bonds is 9. The van der Waals surface area contributed by atoms with Gasteiger partial charge >= 0.3 is 0 Å². The van der Waals surface area contributed by atoms with E-state index >= 15 is 0 Å². The molecule has 0 saturated carbocycles. The number of para-hydroxylation sites is 2. The number of nitrogens with zero attached hydrogens (tertiary/aromatic N) is 2. The second kappa shape index (κ2) is 10.1. The Morgan fingerprint density at radius 3 is 1.92 bits per heavy atom. The van der Waals surface area contributed by atoms with Crippen molar-refractivity contribution >= 4 is 32.6 Å². The molecule has 0 aliphatic carbocycles. The first-order chi connectivity index (χ1) is 17.8. The number of aryl methyl sites for hydroxylation is 1. The number of hydrogen-bond donors (Lipinski definition) is 0. The minimum absolute atomic E-state index is 0.431. The van der Waals surface area contributed by atoms with Crippen molar-refractivity contribution in [3.63, 3.8) is 0 Å². The molecule has 5 aromatic carbocycles. The zero-order valence-corrected chi connectivity index (χ0v) is 20.1. The molecule has 1 aromatic heterocycles. The molecule has 0 spiro atoms. The summed E-state index contributed by atoms with van der Waals surface area (Å²) in [5, 5.41) is 4.82. The van der Waals surface area contributed by atoms with E-state index in [4.69, 9.17) is 14.5 Å². The number of hydrogen-bond acceptors (Lipinski definition) is 3. The summed E-state index contributed by atoms with van der Waals surface area (Å²) in [7, 11) is 0. The highest BCUT2D eigenvalue weighted by Gasteiger charge is 2.11. The molecule has 0 atom stereocenters. The number of benzene rings is 5. The first-order valence-electron chi connectivity index (χ1n) is 12.5. The van der Waals surface area contributed by atoms with Gasteiger partial charge in [0.15, 0.2) is 0 Å². The molecule has 6 rings (SSSR count). The molecule has 6 aromatic rings. The van der Waals surface area contributed by atoms with E-state index in [2.05, 4.69) is 95.6 Å². The molecule has 0 aliphatic rings. The van der Waals surface area contributed by atoms with Crippen LogP contribution in [0.15, 0.2) is 109 Å². The summed E-state index contributed by atoms with van der Waals surface area (Å²) in [4.78, 5) is 4.87. The Hall–Kier alpha value is -4.31. The monoisotopic (exact) mass is 472 g/mol. The Kier molecular flexibility index (Phi) is 6.24. The van der Waals surface area contributed by atoms with E-state index in [9.17, 15) is 0 Å². The smallest absolute Gasteiger partial charge is 0.147 e. The van der Waals surface area contributed by atoms with Crippen LogP contribution >= 0.6 is 0 Å². The molecule has 4 heteroatoms. The molecular weight excluding hydrogens is 444 g/mol. The molecule has 0 unspecified atom stereocenters. The van der Waals surface area contributed by atoms with Crippen molar-refractivity contribution in [2.24, 2.45) is 0 Å². The van der Waals surface area contributed by atoms with Crippen molar-refractivity contribution in [1.29, 1.82) is 0 Å². The number of unbranched alkanes of at least 4 members (excludes halogenated alkanes) is 1. The Morgan fingerprint density at radius 2 is 1.19 bits per heavy atom. The minimum atomic E-state index is 0.431. The van der Waals surface area contributed by atoms with Crippen LogP contribution in [0.5, 0.6) is 11.5 Å². The van der Waals surface area contributed by atoms with Crippen molar-refractivity contribution in [3.05, 3.63) is 115 Å². The van der Waals surface area contributed by atoms with Crippen LogP contribution in [0.4, 0.5) is 0 Å². The van der Waals surface area contributed by atoms with E-state index in [1.807, 2.05) is 18.2 Å². The summed E-state index contributed by atoms with van der Waals surface area (Å²) in [6, 6.07) is 37.5. The Bertz CT molecular complexity index is 1640. The van der Waals surface area contributed by atoms with Gasteiger partial charge in [-0.1, -0.05) is 72.8 Å². The first kappa shape index (κ1) is 22.2. The van der Waals surface area contributed by atoms with Gasteiger partial charge in [0, 0.05) is 6.54 Å². The van der Waals surface area contributed by atoms with Gasteiger partial charge in [0.25, 0.3) is 0 Å². The minimum Gasteiger partial charge on any atom is -0.494 e. The van der Waals surface area contributed by atoms with Gasteiger partial charge in [-0.3, -0.25) is 0 Å². The van der Waals surface area contributed by atoms with Crippen LogP contribution in [0.25, 0.3) is 32.6 Å². The molecule has 36 heavy (non-hydrogen) atoms. The molecule has 0 radical (unpaired) electrons. The number of ether oxygens (including phenoxy) is 2. The van der Waals surface area contributed by atoms with Gasteiger partial charge in [-0.15, -0.1) is 0 Å². The molecule has 0 aliphatic heterocycles. The third kappa shape index (κ3) is 4.76. The van der Waals surface area contributed by atoms with Gasteiger partial charge in [-0.2, -0.15) is 0 Å². The molecule has 0 bridgehead atoms. The molecule has 0 N–H and O–H groups in total. The lowest BCUT2D eigenvalue weighted by molar-refractivity contribution is 0.285. The fourth-order valence-electron chi connectivity index (χ4n) is 4.71. The first-order valence-corrected chi connectivity index (χ1v) is 12.5. The van der Waals surface area contributed by atoms with Gasteiger partial charge in [0.1, 0.15) is 23.9 Å². The average Bonchev–Trinajstić information content (AvgIpc) is 3.29. The summed E-state index contributed by atoms with van der Waals surface area (Å²) in [6.07, 6.45) is 1.96. The highest BCUT2D eigenvalue weighted by atomic mass is 16.5. The van der Waals surface area contributed by atoms with Crippen LogP contribution in [-0.2, 0) is 13.2 Å². The number of aromatic nitrogens is 2. The lowest BCUT2D eigenvalue weighted by Crippen LogP contribution is -2.09. The van der Waals surface area contributed by atoms with Gasteiger partial charge in [0.2, 0.25) is 0 Å². The highest BCUT2D eigenvalue weighted by molar-refractivity contribution is 5.84. The van der Waals surface area contributed by atoms with E-state index in [0.29, 0.717) is 13.2 Å². The van der Waals surface area contributed by atoms with Crippen molar-refractivity contribution in [3.8, 4) is 11.5 Å². The molecule has 0 fully saturated rings. The lowest BCUT2D eigenvalue weighted by Gasteiger charge is -2.12. The quantitative estimate of drug-likeness (QED) is 0.202. The summed E-state index contributed by atoms with van der Waals surface area (Å²) in [5.74, 6) is 2.72. The third-order valence-corrected chi connectivity index (χ3v) is 6.59. The summed E-state index contributed by atoms with van der Waals surface area (Å²) in [6.45, 7) is 1.99. The summed E-state index contributed by atoms with van der Waals surface area (Å²) >= 11 is 0. The molecule has 0 saturated heterocycles. The largest absolute Gasteiger partial charge is 0.494 e. The van der Waals surface area contributed by atoms with Crippen molar-refractivity contribution in [2.45, 2.75) is 26.0 Å². The van der Waals surface area contributed by atoms with Crippen LogP contribution in [0.2, 0.25) is 0 Å². The maximum Gasteiger partial charge on any atom is 0.147 e. The maximum atomic E-state index is 6.18. The van der Waals surface area contributed by atoms with E-state index in [1.54, 1.807) is 0 Å².